The SMILES string of the molecule is CC1CCN([C@@H](CNC(=O)c2c[nH]c(=O)n(C)c2=O)C(C)C)CC1. The fourth-order valence-electron chi connectivity index (χ4n) is 3.17. The third-order valence-corrected chi connectivity index (χ3v) is 4.95. The Morgan fingerprint density at radius 1 is 1.33 bits per heavy atom. The molecule has 0 saturated carbocycles. The molecule has 1 atom stereocenters. The molecule has 24 heavy (non-hydrogen) atoms. The molecule has 1 aliphatic heterocycles. The summed E-state index contributed by atoms with van der Waals surface area (Å²) < 4.78 is 0.904. The van der Waals surface area contributed by atoms with Crippen molar-refractivity contribution in [1.82, 2.24) is 19.8 Å². The Labute approximate surface area is 142 Å². The first kappa shape index (κ1) is 18.4. The predicted molar refractivity (Wildman–Crippen MR) is 93.2 cm³/mol. The van der Waals surface area contributed by atoms with Crippen molar-refractivity contribution in [2.24, 2.45) is 18.9 Å². The predicted octanol–water partition coefficient (Wildman–Crippen LogP) is 0.560. The summed E-state index contributed by atoms with van der Waals surface area (Å²) >= 11 is 0. The molecule has 1 amide bonds. The number of carbonyl (C=O) groups is 1. The van der Waals surface area contributed by atoms with Gasteiger partial charge in [-0.25, -0.2) is 4.79 Å². The van der Waals surface area contributed by atoms with E-state index >= 15 is 0 Å². The summed E-state index contributed by atoms with van der Waals surface area (Å²) in [5, 5.41) is 2.86. The topological polar surface area (TPSA) is 87.2 Å². The molecule has 7 nitrogen and oxygen atoms in total. The summed E-state index contributed by atoms with van der Waals surface area (Å²) in [5.41, 5.74) is -1.14. The van der Waals surface area contributed by atoms with Gasteiger partial charge in [-0.15, -0.1) is 0 Å². The minimum absolute atomic E-state index is 0.0353. The number of rotatable bonds is 5. The lowest BCUT2D eigenvalue weighted by molar-refractivity contribution is 0.0861. The molecule has 0 unspecified atom stereocenters. The van der Waals surface area contributed by atoms with Crippen molar-refractivity contribution in [3.05, 3.63) is 32.6 Å². The lowest BCUT2D eigenvalue weighted by Crippen LogP contribution is -2.50. The number of likely N-dealkylation sites (tertiary alicyclic amines) is 1. The number of aromatic nitrogens is 2. The van der Waals surface area contributed by atoms with Gasteiger partial charge in [-0.3, -0.25) is 19.1 Å². The van der Waals surface area contributed by atoms with Gasteiger partial charge in [-0.1, -0.05) is 20.8 Å². The van der Waals surface area contributed by atoms with E-state index in [9.17, 15) is 14.4 Å². The van der Waals surface area contributed by atoms with Crippen molar-refractivity contribution in [3.63, 3.8) is 0 Å². The van der Waals surface area contributed by atoms with Gasteiger partial charge in [-0.2, -0.15) is 0 Å². The number of carbonyl (C=O) groups excluding carboxylic acids is 1. The molecule has 1 saturated heterocycles. The van der Waals surface area contributed by atoms with Gasteiger partial charge in [0.05, 0.1) is 0 Å². The van der Waals surface area contributed by atoms with E-state index in [0.717, 1.165) is 23.6 Å². The van der Waals surface area contributed by atoms with Crippen LogP contribution in [0.3, 0.4) is 0 Å². The quantitative estimate of drug-likeness (QED) is 0.822. The number of piperidine rings is 1. The highest BCUT2D eigenvalue weighted by atomic mass is 16.2. The van der Waals surface area contributed by atoms with Crippen LogP contribution >= 0.6 is 0 Å². The average molecular weight is 336 g/mol. The van der Waals surface area contributed by atoms with Gasteiger partial charge in [-0.05, 0) is 37.8 Å². The van der Waals surface area contributed by atoms with Crippen LogP contribution in [0.15, 0.2) is 15.8 Å². The van der Waals surface area contributed by atoms with Gasteiger partial charge >= 0.3 is 5.69 Å². The fourth-order valence-corrected chi connectivity index (χ4v) is 3.17. The lowest BCUT2D eigenvalue weighted by Gasteiger charge is -2.38. The Morgan fingerprint density at radius 2 is 1.96 bits per heavy atom. The number of hydrogen-bond donors (Lipinski definition) is 2. The maximum atomic E-state index is 12.3. The molecule has 0 spiro atoms. The number of aromatic amines is 1. The average Bonchev–Trinajstić information content (AvgIpc) is 2.54. The first-order valence-electron chi connectivity index (χ1n) is 8.62. The maximum absolute atomic E-state index is 12.3. The highest BCUT2D eigenvalue weighted by Gasteiger charge is 2.26. The third kappa shape index (κ3) is 4.14. The van der Waals surface area contributed by atoms with Crippen LogP contribution in [0.1, 0.15) is 44.0 Å². The lowest BCUT2D eigenvalue weighted by atomic mass is 9.94. The minimum atomic E-state index is -0.579. The Balaban J connectivity index is 2.04. The molecule has 0 radical (unpaired) electrons. The molecule has 2 heterocycles. The normalized spacial score (nSPS) is 17.9. The van der Waals surface area contributed by atoms with Gasteiger partial charge in [0.25, 0.3) is 11.5 Å². The first-order chi connectivity index (χ1) is 11.3. The largest absolute Gasteiger partial charge is 0.350 e. The minimum Gasteiger partial charge on any atom is -0.350 e. The molecule has 2 N–H and O–H groups in total. The number of H-pyrrole nitrogens is 1. The zero-order valence-electron chi connectivity index (χ0n) is 15.0. The van der Waals surface area contributed by atoms with Crippen LogP contribution in [0.5, 0.6) is 0 Å². The summed E-state index contributed by atoms with van der Waals surface area (Å²) in [6, 6.07) is 0.244. The van der Waals surface area contributed by atoms with E-state index in [-0.39, 0.29) is 11.6 Å². The van der Waals surface area contributed by atoms with Crippen molar-refractivity contribution in [3.8, 4) is 0 Å². The second-order valence-corrected chi connectivity index (χ2v) is 7.11. The van der Waals surface area contributed by atoms with Gasteiger partial charge < -0.3 is 10.3 Å². The standard InChI is InChI=1S/C17H28N4O3/c1-11(2)14(21-7-5-12(3)6-8-21)10-18-15(22)13-9-19-17(24)20(4)16(13)23/h9,11-12,14H,5-8,10H2,1-4H3,(H,18,22)(H,19,24)/t14-/m0/s1. The van der Waals surface area contributed by atoms with Crippen molar-refractivity contribution in [2.45, 2.75) is 39.7 Å². The zero-order valence-corrected chi connectivity index (χ0v) is 15.0. The number of hydrogen-bond acceptors (Lipinski definition) is 4. The summed E-state index contributed by atoms with van der Waals surface area (Å²) in [6.45, 7) is 9.14. The highest BCUT2D eigenvalue weighted by molar-refractivity contribution is 5.93. The van der Waals surface area contributed by atoms with Crippen LogP contribution in [0.2, 0.25) is 0 Å². The summed E-state index contributed by atoms with van der Waals surface area (Å²) in [7, 11) is 1.35. The van der Waals surface area contributed by atoms with Gasteiger partial charge in [0, 0.05) is 25.8 Å². The Kier molecular flexibility index (Phi) is 5.99. The molecule has 1 aromatic heterocycles. The van der Waals surface area contributed by atoms with Gasteiger partial charge in [0.15, 0.2) is 0 Å². The monoisotopic (exact) mass is 336 g/mol. The molecular formula is C17H28N4O3. The summed E-state index contributed by atoms with van der Waals surface area (Å²) in [4.78, 5) is 40.5. The van der Waals surface area contributed by atoms with E-state index in [1.807, 2.05) is 0 Å². The van der Waals surface area contributed by atoms with Crippen molar-refractivity contribution >= 4 is 5.91 Å². The smallest absolute Gasteiger partial charge is 0.328 e. The molecule has 0 aromatic carbocycles. The Morgan fingerprint density at radius 3 is 2.54 bits per heavy atom. The fraction of sp³-hybridized carbons (Fsp3) is 0.706. The first-order valence-corrected chi connectivity index (χ1v) is 8.62. The van der Waals surface area contributed by atoms with E-state index in [0.29, 0.717) is 12.5 Å². The number of nitrogens with zero attached hydrogens (tertiary/aromatic N) is 2. The summed E-state index contributed by atoms with van der Waals surface area (Å²) in [6.07, 6.45) is 3.54. The maximum Gasteiger partial charge on any atom is 0.328 e. The molecular weight excluding hydrogens is 308 g/mol. The molecule has 0 bridgehead atoms. The molecule has 0 aliphatic carbocycles. The molecule has 2 rings (SSSR count). The molecule has 1 aliphatic rings. The second-order valence-electron chi connectivity index (χ2n) is 7.11. The molecule has 1 aromatic rings. The van der Waals surface area contributed by atoms with Gasteiger partial charge in [0.1, 0.15) is 5.56 Å². The van der Waals surface area contributed by atoms with Crippen molar-refractivity contribution in [2.75, 3.05) is 19.6 Å². The third-order valence-electron chi connectivity index (χ3n) is 4.95. The zero-order chi connectivity index (χ0) is 17.9. The molecule has 134 valence electrons. The Bertz CT molecular complexity index is 684. The highest BCUT2D eigenvalue weighted by Crippen LogP contribution is 2.21. The van der Waals surface area contributed by atoms with Crippen LogP contribution in [0, 0.1) is 11.8 Å². The van der Waals surface area contributed by atoms with Crippen LogP contribution in [0.4, 0.5) is 0 Å². The van der Waals surface area contributed by atoms with Crippen LogP contribution in [-0.2, 0) is 7.05 Å². The van der Waals surface area contributed by atoms with Crippen molar-refractivity contribution in [1.29, 1.82) is 0 Å². The van der Waals surface area contributed by atoms with Gasteiger partial charge in [0.2, 0.25) is 0 Å². The Hall–Kier alpha value is -1.89. The summed E-state index contributed by atoms with van der Waals surface area (Å²) in [5.74, 6) is 0.716. The van der Waals surface area contributed by atoms with Crippen LogP contribution in [0.25, 0.3) is 0 Å². The molecule has 7 heteroatoms. The molecule has 1 fully saturated rings. The van der Waals surface area contributed by atoms with E-state index in [1.165, 1.54) is 26.1 Å². The van der Waals surface area contributed by atoms with E-state index in [4.69, 9.17) is 0 Å². The van der Waals surface area contributed by atoms with E-state index < -0.39 is 17.2 Å². The van der Waals surface area contributed by atoms with E-state index in [1.54, 1.807) is 0 Å². The van der Waals surface area contributed by atoms with E-state index in [2.05, 4.69) is 36.0 Å². The number of nitrogens with one attached hydrogen (secondary N) is 2. The number of amides is 1. The van der Waals surface area contributed by atoms with Crippen LogP contribution in [-0.4, -0.2) is 46.0 Å². The second kappa shape index (κ2) is 7.79. The van der Waals surface area contributed by atoms with Crippen LogP contribution < -0.4 is 16.6 Å². The van der Waals surface area contributed by atoms with Crippen molar-refractivity contribution < 1.29 is 4.79 Å².